The van der Waals surface area contributed by atoms with Gasteiger partial charge < -0.3 is 4.42 Å². The van der Waals surface area contributed by atoms with E-state index in [1.807, 2.05) is 36.4 Å². The molecule has 0 radical (unpaired) electrons. The van der Waals surface area contributed by atoms with E-state index in [9.17, 15) is 4.79 Å². The van der Waals surface area contributed by atoms with E-state index in [1.165, 1.54) is 6.21 Å². The van der Waals surface area contributed by atoms with Gasteiger partial charge in [0.15, 0.2) is 0 Å². The number of hydrogen-bond donors (Lipinski definition) is 1. The molecule has 0 aliphatic rings. The van der Waals surface area contributed by atoms with E-state index in [2.05, 4.69) is 10.5 Å². The van der Waals surface area contributed by atoms with Gasteiger partial charge in [0, 0.05) is 21.2 Å². The summed E-state index contributed by atoms with van der Waals surface area (Å²) >= 11 is 7.59. The third-order valence-electron chi connectivity index (χ3n) is 3.34. The van der Waals surface area contributed by atoms with Gasteiger partial charge in [0.25, 0.3) is 5.91 Å². The van der Waals surface area contributed by atoms with E-state index in [1.54, 1.807) is 42.3 Å². The van der Waals surface area contributed by atoms with Gasteiger partial charge >= 0.3 is 0 Å². The largest absolute Gasteiger partial charge is 0.463 e. The van der Waals surface area contributed by atoms with Crippen LogP contribution in [-0.4, -0.2) is 12.1 Å². The highest BCUT2D eigenvalue weighted by Crippen LogP contribution is 2.24. The van der Waals surface area contributed by atoms with Crippen LogP contribution in [0.25, 0.3) is 0 Å². The fourth-order valence-corrected chi connectivity index (χ4v) is 3.01. The summed E-state index contributed by atoms with van der Waals surface area (Å²) in [5.41, 5.74) is 4.16. The van der Waals surface area contributed by atoms with Crippen molar-refractivity contribution in [3.05, 3.63) is 88.8 Å². The van der Waals surface area contributed by atoms with Gasteiger partial charge in [0.2, 0.25) is 0 Å². The van der Waals surface area contributed by atoms with Crippen LogP contribution in [0.1, 0.15) is 21.7 Å². The molecule has 0 unspecified atom stereocenters. The van der Waals surface area contributed by atoms with E-state index in [4.69, 9.17) is 16.0 Å². The molecule has 3 rings (SSSR count). The molecule has 0 aliphatic heterocycles. The number of nitrogens with zero attached hydrogens (tertiary/aromatic N) is 1. The van der Waals surface area contributed by atoms with Crippen LogP contribution in [0.4, 0.5) is 0 Å². The molecule has 6 heteroatoms. The lowest BCUT2D eigenvalue weighted by Crippen LogP contribution is -2.17. The minimum Gasteiger partial charge on any atom is -0.463 e. The van der Waals surface area contributed by atoms with Gasteiger partial charge in [-0.3, -0.25) is 4.79 Å². The average Bonchev–Trinajstić information content (AvgIpc) is 3.15. The lowest BCUT2D eigenvalue weighted by molar-refractivity contribution is 0.0955. The van der Waals surface area contributed by atoms with Gasteiger partial charge in [-0.05, 0) is 54.1 Å². The van der Waals surface area contributed by atoms with Gasteiger partial charge in [0.05, 0.1) is 12.5 Å². The Morgan fingerprint density at radius 3 is 2.56 bits per heavy atom. The van der Waals surface area contributed by atoms with Crippen LogP contribution in [0.2, 0.25) is 5.02 Å². The van der Waals surface area contributed by atoms with Gasteiger partial charge in [-0.2, -0.15) is 5.10 Å². The van der Waals surface area contributed by atoms with Crippen LogP contribution >= 0.6 is 23.4 Å². The number of hydrogen-bond acceptors (Lipinski definition) is 4. The van der Waals surface area contributed by atoms with E-state index in [0.717, 1.165) is 21.2 Å². The van der Waals surface area contributed by atoms with Crippen molar-refractivity contribution >= 4 is 35.5 Å². The predicted octanol–water partition coefficient (Wildman–Crippen LogP) is 4.99. The zero-order chi connectivity index (χ0) is 17.5. The van der Waals surface area contributed by atoms with Crippen LogP contribution in [-0.2, 0) is 5.75 Å². The maximum atomic E-state index is 12.0. The van der Waals surface area contributed by atoms with Crippen molar-refractivity contribution in [1.82, 2.24) is 5.43 Å². The number of thioether (sulfide) groups is 1. The average molecular weight is 371 g/mol. The van der Waals surface area contributed by atoms with Crippen LogP contribution in [0.3, 0.4) is 0 Å². The Bertz CT molecular complexity index is 844. The number of hydrazone groups is 1. The second-order valence-electron chi connectivity index (χ2n) is 5.15. The molecule has 1 N–H and O–H groups in total. The molecule has 0 saturated carbocycles. The molecular weight excluding hydrogens is 356 g/mol. The quantitative estimate of drug-likeness (QED) is 0.378. The minimum absolute atomic E-state index is 0.264. The molecule has 0 aliphatic carbocycles. The molecule has 1 amide bonds. The monoisotopic (exact) mass is 370 g/mol. The number of halogens is 1. The predicted molar refractivity (Wildman–Crippen MR) is 101 cm³/mol. The van der Waals surface area contributed by atoms with Crippen molar-refractivity contribution in [1.29, 1.82) is 0 Å². The summed E-state index contributed by atoms with van der Waals surface area (Å²) in [6.07, 6.45) is 3.00. The smallest absolute Gasteiger partial charge is 0.271 e. The molecule has 3 aromatic rings. The first-order valence-electron chi connectivity index (χ1n) is 7.55. The molecule has 0 saturated heterocycles. The third-order valence-corrected chi connectivity index (χ3v) is 4.67. The van der Waals surface area contributed by atoms with Crippen molar-refractivity contribution in [3.8, 4) is 0 Å². The SMILES string of the molecule is O=C(N/N=C/c1ccco1)c1ccc(CSc2ccc(Cl)cc2)cc1. The molecule has 0 atom stereocenters. The fourth-order valence-electron chi connectivity index (χ4n) is 2.03. The maximum absolute atomic E-state index is 12.0. The summed E-state index contributed by atoms with van der Waals surface area (Å²) in [7, 11) is 0. The number of rotatable bonds is 6. The summed E-state index contributed by atoms with van der Waals surface area (Å²) in [6, 6.07) is 18.7. The maximum Gasteiger partial charge on any atom is 0.271 e. The zero-order valence-electron chi connectivity index (χ0n) is 13.2. The number of furan rings is 1. The lowest BCUT2D eigenvalue weighted by Gasteiger charge is -2.04. The van der Waals surface area contributed by atoms with Gasteiger partial charge in [-0.1, -0.05) is 23.7 Å². The number of amides is 1. The molecule has 126 valence electrons. The van der Waals surface area contributed by atoms with E-state index in [0.29, 0.717) is 11.3 Å². The molecule has 0 spiro atoms. The Kier molecular flexibility index (Phi) is 5.93. The lowest BCUT2D eigenvalue weighted by atomic mass is 10.1. The molecule has 0 fully saturated rings. The van der Waals surface area contributed by atoms with Crippen LogP contribution in [0.15, 0.2) is 81.3 Å². The first-order valence-corrected chi connectivity index (χ1v) is 8.91. The standard InChI is InChI=1S/C19H15ClN2O2S/c20-16-7-9-18(10-8-16)25-13-14-3-5-15(6-4-14)19(23)22-21-12-17-2-1-11-24-17/h1-12H,13H2,(H,22,23)/b21-12+. The van der Waals surface area contributed by atoms with Crippen molar-refractivity contribution in [3.63, 3.8) is 0 Å². The zero-order valence-corrected chi connectivity index (χ0v) is 14.8. The number of nitrogens with one attached hydrogen (secondary N) is 1. The second-order valence-corrected chi connectivity index (χ2v) is 6.64. The van der Waals surface area contributed by atoms with E-state index < -0.39 is 0 Å². The molecule has 2 aromatic carbocycles. The molecule has 1 heterocycles. The second kappa shape index (κ2) is 8.55. The van der Waals surface area contributed by atoms with Crippen molar-refractivity contribution < 1.29 is 9.21 Å². The summed E-state index contributed by atoms with van der Waals surface area (Å²) in [5, 5.41) is 4.59. The Morgan fingerprint density at radius 2 is 1.88 bits per heavy atom. The van der Waals surface area contributed by atoms with E-state index >= 15 is 0 Å². The Morgan fingerprint density at radius 1 is 1.12 bits per heavy atom. The van der Waals surface area contributed by atoms with Crippen molar-refractivity contribution in [2.75, 3.05) is 0 Å². The van der Waals surface area contributed by atoms with Crippen molar-refractivity contribution in [2.45, 2.75) is 10.6 Å². The van der Waals surface area contributed by atoms with Gasteiger partial charge in [0.1, 0.15) is 5.76 Å². The highest BCUT2D eigenvalue weighted by molar-refractivity contribution is 7.98. The number of carbonyl (C=O) groups excluding carboxylic acids is 1. The minimum atomic E-state index is -0.264. The normalized spacial score (nSPS) is 10.9. The van der Waals surface area contributed by atoms with Crippen LogP contribution in [0.5, 0.6) is 0 Å². The molecule has 4 nitrogen and oxygen atoms in total. The fraction of sp³-hybridized carbons (Fsp3) is 0.0526. The van der Waals surface area contributed by atoms with Crippen LogP contribution < -0.4 is 5.43 Å². The van der Waals surface area contributed by atoms with Crippen LogP contribution in [0, 0.1) is 0 Å². The number of carbonyl (C=O) groups is 1. The van der Waals surface area contributed by atoms with Gasteiger partial charge in [-0.25, -0.2) is 5.43 Å². The Balaban J connectivity index is 1.52. The highest BCUT2D eigenvalue weighted by atomic mass is 35.5. The Labute approximate surface area is 154 Å². The summed E-state index contributed by atoms with van der Waals surface area (Å²) < 4.78 is 5.10. The molecule has 1 aromatic heterocycles. The first kappa shape index (κ1) is 17.3. The Hall–Kier alpha value is -2.50. The number of benzene rings is 2. The first-order chi connectivity index (χ1) is 12.2. The van der Waals surface area contributed by atoms with Crippen molar-refractivity contribution in [2.24, 2.45) is 5.10 Å². The summed E-state index contributed by atoms with van der Waals surface area (Å²) in [5.74, 6) is 1.13. The van der Waals surface area contributed by atoms with E-state index in [-0.39, 0.29) is 5.91 Å². The topological polar surface area (TPSA) is 54.6 Å². The summed E-state index contributed by atoms with van der Waals surface area (Å²) in [6.45, 7) is 0. The highest BCUT2D eigenvalue weighted by Gasteiger charge is 2.04. The van der Waals surface area contributed by atoms with Gasteiger partial charge in [-0.15, -0.1) is 11.8 Å². The molecule has 0 bridgehead atoms. The molecular formula is C19H15ClN2O2S. The molecule has 25 heavy (non-hydrogen) atoms. The third kappa shape index (κ3) is 5.24. The summed E-state index contributed by atoms with van der Waals surface area (Å²) in [4.78, 5) is 13.2.